The first-order chi connectivity index (χ1) is 15.2. The maximum atomic E-state index is 2.85. The minimum Gasteiger partial charge on any atom is -0.217 e. The number of para-hydroxylation sites is 1. The van der Waals surface area contributed by atoms with Gasteiger partial charge in [0.15, 0.2) is 11.4 Å². The molecule has 0 spiro atoms. The number of imidazole rings is 1. The van der Waals surface area contributed by atoms with Crippen molar-refractivity contribution >= 4 is 0 Å². The molecule has 3 aromatic rings. The maximum Gasteiger partial charge on any atom is 0.259 e. The number of fused-ring (bicyclic) bond motifs is 3. The summed E-state index contributed by atoms with van der Waals surface area (Å²) in [6.07, 6.45) is 11.1. The van der Waals surface area contributed by atoms with Crippen molar-refractivity contribution in [1.29, 1.82) is 0 Å². The van der Waals surface area contributed by atoms with Crippen molar-refractivity contribution in [2.24, 2.45) is 11.8 Å². The van der Waals surface area contributed by atoms with Gasteiger partial charge in [0.25, 0.3) is 5.82 Å². The first-order valence-electron chi connectivity index (χ1n) is 12.5. The first kappa shape index (κ1) is 19.3. The Morgan fingerprint density at radius 1 is 0.774 bits per heavy atom. The number of aromatic nitrogens is 2. The lowest BCUT2D eigenvalue weighted by Gasteiger charge is -2.40. The highest BCUT2D eigenvalue weighted by Gasteiger charge is 2.60. The van der Waals surface area contributed by atoms with E-state index in [1.165, 1.54) is 85.4 Å². The van der Waals surface area contributed by atoms with Gasteiger partial charge in [-0.25, -0.2) is 4.57 Å². The molecule has 31 heavy (non-hydrogen) atoms. The molecule has 2 heteroatoms. The van der Waals surface area contributed by atoms with Gasteiger partial charge in [-0.15, -0.1) is 0 Å². The molecule has 0 bridgehead atoms. The van der Waals surface area contributed by atoms with Crippen molar-refractivity contribution in [3.63, 3.8) is 0 Å². The van der Waals surface area contributed by atoms with Gasteiger partial charge in [0.05, 0.1) is 0 Å². The van der Waals surface area contributed by atoms with Crippen LogP contribution in [0.3, 0.4) is 0 Å². The number of rotatable bonds is 3. The van der Waals surface area contributed by atoms with Crippen LogP contribution in [-0.2, 0) is 5.54 Å². The van der Waals surface area contributed by atoms with Crippen LogP contribution in [-0.4, -0.2) is 4.57 Å². The monoisotopic (exact) mass is 411 g/mol. The molecule has 160 valence electrons. The summed E-state index contributed by atoms with van der Waals surface area (Å²) in [5, 5.41) is 0. The van der Waals surface area contributed by atoms with Crippen molar-refractivity contribution in [2.45, 2.75) is 77.7 Å². The smallest absolute Gasteiger partial charge is 0.217 e. The van der Waals surface area contributed by atoms with Crippen LogP contribution in [0.25, 0.3) is 16.9 Å². The van der Waals surface area contributed by atoms with E-state index in [1.807, 2.05) is 0 Å². The minimum absolute atomic E-state index is 0.141. The highest BCUT2D eigenvalue weighted by molar-refractivity contribution is 5.69. The van der Waals surface area contributed by atoms with Crippen molar-refractivity contribution < 1.29 is 4.57 Å². The van der Waals surface area contributed by atoms with Crippen LogP contribution < -0.4 is 4.57 Å². The van der Waals surface area contributed by atoms with Gasteiger partial charge in [0.1, 0.15) is 11.2 Å². The topological polar surface area (TPSA) is 8.81 Å². The van der Waals surface area contributed by atoms with Crippen molar-refractivity contribution in [3.05, 3.63) is 71.2 Å². The number of benzene rings is 2. The summed E-state index contributed by atoms with van der Waals surface area (Å²) in [5.41, 5.74) is 8.84. The molecule has 3 aliphatic rings. The Labute approximate surface area is 186 Å². The summed E-state index contributed by atoms with van der Waals surface area (Å²) in [4.78, 5) is 0. The Bertz CT molecular complexity index is 1120. The van der Waals surface area contributed by atoms with Crippen LogP contribution in [0.5, 0.6) is 0 Å². The summed E-state index contributed by atoms with van der Waals surface area (Å²) in [6.45, 7) is 6.98. The molecule has 0 atom stereocenters. The lowest BCUT2D eigenvalue weighted by molar-refractivity contribution is -0.760. The van der Waals surface area contributed by atoms with E-state index < -0.39 is 0 Å². The SMILES string of the molecule is Cc1ccccc1-n1c(C)c2[n+](c1C)C(C1CCCC1)(C1CCCC1)c1ccccc1-2. The van der Waals surface area contributed by atoms with E-state index in [0.29, 0.717) is 0 Å². The Hall–Kier alpha value is -2.35. The number of hydrogen-bond donors (Lipinski definition) is 0. The Kier molecular flexibility index (Phi) is 4.42. The molecule has 0 amide bonds. The molecular formula is C29H35N2+. The van der Waals surface area contributed by atoms with Gasteiger partial charge in [0.2, 0.25) is 0 Å². The molecule has 6 rings (SSSR count). The summed E-state index contributed by atoms with van der Waals surface area (Å²) in [5.74, 6) is 2.93. The quantitative estimate of drug-likeness (QED) is 0.419. The largest absolute Gasteiger partial charge is 0.259 e. The molecule has 0 radical (unpaired) electrons. The van der Waals surface area contributed by atoms with E-state index >= 15 is 0 Å². The second kappa shape index (κ2) is 7.08. The highest BCUT2D eigenvalue weighted by atomic mass is 15.2. The van der Waals surface area contributed by atoms with Crippen LogP contribution in [0.4, 0.5) is 0 Å². The van der Waals surface area contributed by atoms with E-state index in [-0.39, 0.29) is 5.54 Å². The van der Waals surface area contributed by atoms with E-state index in [0.717, 1.165) is 11.8 Å². The van der Waals surface area contributed by atoms with Gasteiger partial charge < -0.3 is 0 Å². The lowest BCUT2D eigenvalue weighted by atomic mass is 9.68. The molecule has 2 fully saturated rings. The average Bonchev–Trinajstić information content (AvgIpc) is 3.56. The fourth-order valence-corrected chi connectivity index (χ4v) is 7.74. The van der Waals surface area contributed by atoms with Gasteiger partial charge in [-0.3, -0.25) is 0 Å². The van der Waals surface area contributed by atoms with Gasteiger partial charge in [-0.1, -0.05) is 68.1 Å². The second-order valence-electron chi connectivity index (χ2n) is 10.3. The third-order valence-corrected chi connectivity index (χ3v) is 8.84. The molecular weight excluding hydrogens is 376 g/mol. The fourth-order valence-electron chi connectivity index (χ4n) is 7.74. The zero-order chi connectivity index (χ0) is 21.2. The zero-order valence-corrected chi connectivity index (χ0v) is 19.3. The normalized spacial score (nSPS) is 20.4. The van der Waals surface area contributed by atoms with Gasteiger partial charge in [0, 0.05) is 36.8 Å². The first-order valence-corrected chi connectivity index (χ1v) is 12.5. The van der Waals surface area contributed by atoms with Crippen LogP contribution >= 0.6 is 0 Å². The zero-order valence-electron chi connectivity index (χ0n) is 19.3. The fraction of sp³-hybridized carbons (Fsp3) is 0.483. The molecule has 0 saturated heterocycles. The Morgan fingerprint density at radius 3 is 2.00 bits per heavy atom. The van der Waals surface area contributed by atoms with E-state index in [1.54, 1.807) is 5.56 Å². The molecule has 2 heterocycles. The van der Waals surface area contributed by atoms with Crippen molar-refractivity contribution in [2.75, 3.05) is 0 Å². The Balaban J connectivity index is 1.71. The molecule has 0 N–H and O–H groups in total. The second-order valence-corrected chi connectivity index (χ2v) is 10.3. The van der Waals surface area contributed by atoms with E-state index in [9.17, 15) is 0 Å². The van der Waals surface area contributed by atoms with Crippen molar-refractivity contribution in [3.8, 4) is 16.9 Å². The van der Waals surface area contributed by atoms with Gasteiger partial charge in [-0.05, 0) is 44.2 Å². The third-order valence-electron chi connectivity index (χ3n) is 8.84. The predicted octanol–water partition coefficient (Wildman–Crippen LogP) is 6.79. The average molecular weight is 412 g/mol. The van der Waals surface area contributed by atoms with E-state index in [4.69, 9.17) is 0 Å². The number of hydrogen-bond acceptors (Lipinski definition) is 0. The van der Waals surface area contributed by atoms with Crippen LogP contribution in [0.2, 0.25) is 0 Å². The van der Waals surface area contributed by atoms with Crippen molar-refractivity contribution in [1.82, 2.24) is 4.57 Å². The number of aryl methyl sites for hydroxylation is 1. The third kappa shape index (κ3) is 2.48. The summed E-state index contributed by atoms with van der Waals surface area (Å²) in [6, 6.07) is 18.3. The Morgan fingerprint density at radius 2 is 1.35 bits per heavy atom. The van der Waals surface area contributed by atoms with Crippen LogP contribution in [0.1, 0.15) is 74.0 Å². The van der Waals surface area contributed by atoms with Gasteiger partial charge in [-0.2, -0.15) is 4.57 Å². The number of nitrogens with zero attached hydrogens (tertiary/aromatic N) is 2. The molecule has 1 aromatic heterocycles. The van der Waals surface area contributed by atoms with Crippen LogP contribution in [0, 0.1) is 32.6 Å². The maximum absolute atomic E-state index is 2.85. The summed E-state index contributed by atoms with van der Waals surface area (Å²) < 4.78 is 5.41. The van der Waals surface area contributed by atoms with Crippen LogP contribution in [0.15, 0.2) is 48.5 Å². The molecule has 0 unspecified atom stereocenters. The molecule has 2 aliphatic carbocycles. The molecule has 1 aliphatic heterocycles. The minimum atomic E-state index is 0.141. The highest BCUT2D eigenvalue weighted by Crippen LogP contribution is 2.56. The standard InChI is InChI=1S/C29H35N2/c1-20-12-4-11-19-27(20)30-21(2)28-25-17-9-10-18-26(25)29(31(28)22(30)3,23-13-5-6-14-23)24-15-7-8-16-24/h4,9-12,17-19,23-24H,5-8,13-16H2,1-3H3/q+1. The molecule has 2 nitrogen and oxygen atoms in total. The lowest BCUT2D eigenvalue weighted by Crippen LogP contribution is -2.63. The molecule has 2 saturated carbocycles. The summed E-state index contributed by atoms with van der Waals surface area (Å²) >= 11 is 0. The predicted molar refractivity (Wildman–Crippen MR) is 127 cm³/mol. The van der Waals surface area contributed by atoms with Gasteiger partial charge >= 0.3 is 0 Å². The molecule has 2 aromatic carbocycles. The van der Waals surface area contributed by atoms with E-state index in [2.05, 4.69) is 78.4 Å². The summed E-state index contributed by atoms with van der Waals surface area (Å²) in [7, 11) is 0.